The molecule has 180 valence electrons. The average molecular weight is 475 g/mol. The lowest BCUT2D eigenvalue weighted by atomic mass is 10.0. The van der Waals surface area contributed by atoms with Gasteiger partial charge in [0.25, 0.3) is 0 Å². The molecular formula is C30H30N6. The molecule has 0 radical (unpaired) electrons. The fourth-order valence-corrected chi connectivity index (χ4v) is 5.10. The summed E-state index contributed by atoms with van der Waals surface area (Å²) >= 11 is 0. The average Bonchev–Trinajstić information content (AvgIpc) is 3.41. The van der Waals surface area contributed by atoms with Crippen LogP contribution < -0.4 is 10.6 Å². The lowest BCUT2D eigenvalue weighted by Gasteiger charge is -2.34. The van der Waals surface area contributed by atoms with Gasteiger partial charge < -0.3 is 10.6 Å². The molecule has 0 amide bonds. The van der Waals surface area contributed by atoms with Crippen LogP contribution in [0.25, 0.3) is 16.8 Å². The lowest BCUT2D eigenvalue weighted by molar-refractivity contribution is 0.531. The Balaban J connectivity index is 1.41. The van der Waals surface area contributed by atoms with E-state index < -0.39 is 5.66 Å². The zero-order valence-corrected chi connectivity index (χ0v) is 20.7. The predicted octanol–water partition coefficient (Wildman–Crippen LogP) is 4.96. The summed E-state index contributed by atoms with van der Waals surface area (Å²) in [5.74, 6) is 1.69. The second-order valence-corrected chi connectivity index (χ2v) is 9.89. The Labute approximate surface area is 212 Å². The summed E-state index contributed by atoms with van der Waals surface area (Å²) in [4.78, 5) is 8.92. The van der Waals surface area contributed by atoms with E-state index in [9.17, 15) is 0 Å². The highest BCUT2D eigenvalue weighted by Crippen LogP contribution is 2.40. The number of nitrogens with zero attached hydrogens (tertiary/aromatic N) is 5. The van der Waals surface area contributed by atoms with Crippen LogP contribution in [-0.2, 0) is 13.0 Å². The third-order valence-electron chi connectivity index (χ3n) is 6.97. The standard InChI is InChI=1S/C30H30N6/c1-21-27-26(18-22-10-6-4-7-11-22)36(33-28(27)35-20-30(2,31)32-29(35)34(21)3)19-23-14-16-25(17-15-23)24-12-8-5-9-13-24/h4-17H,1,18-20,31H2,2-3H3/t30-/m0/s1. The maximum atomic E-state index is 6.44. The fraction of sp³-hybridized carbons (Fsp3) is 0.200. The number of aliphatic imine (C=N–C) groups is 1. The van der Waals surface area contributed by atoms with Crippen molar-refractivity contribution in [2.45, 2.75) is 25.6 Å². The van der Waals surface area contributed by atoms with E-state index in [0.717, 1.165) is 35.2 Å². The third kappa shape index (κ3) is 3.89. The summed E-state index contributed by atoms with van der Waals surface area (Å²) in [6.07, 6.45) is 0.762. The van der Waals surface area contributed by atoms with Gasteiger partial charge in [0.15, 0.2) is 5.82 Å². The Hall–Kier alpha value is -4.16. The molecule has 0 fully saturated rings. The van der Waals surface area contributed by atoms with Gasteiger partial charge in [-0.15, -0.1) is 0 Å². The van der Waals surface area contributed by atoms with Crippen molar-refractivity contribution < 1.29 is 0 Å². The van der Waals surface area contributed by atoms with Crippen LogP contribution in [0, 0.1) is 0 Å². The fourth-order valence-electron chi connectivity index (χ4n) is 5.10. The number of hydrogen-bond acceptors (Lipinski definition) is 5. The van der Waals surface area contributed by atoms with Gasteiger partial charge in [-0.1, -0.05) is 91.5 Å². The zero-order valence-electron chi connectivity index (χ0n) is 20.7. The molecule has 2 aliphatic heterocycles. The second kappa shape index (κ2) is 8.50. The molecule has 0 bridgehead atoms. The molecule has 6 heteroatoms. The molecule has 0 unspecified atom stereocenters. The molecule has 4 aromatic rings. The highest BCUT2D eigenvalue weighted by molar-refractivity contribution is 6.07. The van der Waals surface area contributed by atoms with E-state index in [1.807, 2.05) is 31.0 Å². The summed E-state index contributed by atoms with van der Waals surface area (Å²) in [6.45, 7) is 7.64. The van der Waals surface area contributed by atoms with Gasteiger partial charge in [-0.05, 0) is 29.2 Å². The topological polar surface area (TPSA) is 62.7 Å². The largest absolute Gasteiger partial charge is 0.315 e. The molecule has 3 heterocycles. The summed E-state index contributed by atoms with van der Waals surface area (Å²) in [5.41, 5.74) is 13.7. The first-order valence-corrected chi connectivity index (χ1v) is 12.3. The van der Waals surface area contributed by atoms with Gasteiger partial charge in [0.2, 0.25) is 5.96 Å². The minimum atomic E-state index is -0.665. The molecule has 6 rings (SSSR count). The van der Waals surface area contributed by atoms with Crippen molar-refractivity contribution in [3.8, 4) is 11.1 Å². The van der Waals surface area contributed by atoms with Crippen molar-refractivity contribution in [2.75, 3.05) is 18.5 Å². The molecule has 3 aromatic carbocycles. The Morgan fingerprint density at radius 1 is 0.889 bits per heavy atom. The first-order valence-electron chi connectivity index (χ1n) is 12.3. The number of hydrogen-bond donors (Lipinski definition) is 1. The van der Waals surface area contributed by atoms with Crippen LogP contribution in [0.15, 0.2) is 96.5 Å². The van der Waals surface area contributed by atoms with Crippen molar-refractivity contribution in [1.29, 1.82) is 0 Å². The first-order chi connectivity index (χ1) is 17.4. The van der Waals surface area contributed by atoms with E-state index in [1.54, 1.807) is 0 Å². The zero-order chi connectivity index (χ0) is 24.9. The van der Waals surface area contributed by atoms with Crippen LogP contribution >= 0.6 is 0 Å². The molecule has 0 aliphatic carbocycles. The first kappa shape index (κ1) is 22.3. The van der Waals surface area contributed by atoms with Crippen molar-refractivity contribution in [3.05, 3.63) is 114 Å². The molecule has 0 saturated heterocycles. The van der Waals surface area contributed by atoms with Crippen molar-refractivity contribution in [2.24, 2.45) is 10.7 Å². The Morgan fingerprint density at radius 2 is 1.53 bits per heavy atom. The van der Waals surface area contributed by atoms with Crippen LogP contribution in [0.3, 0.4) is 0 Å². The maximum Gasteiger partial charge on any atom is 0.208 e. The van der Waals surface area contributed by atoms with Crippen molar-refractivity contribution in [1.82, 2.24) is 14.7 Å². The monoisotopic (exact) mass is 474 g/mol. The molecule has 1 aromatic heterocycles. The van der Waals surface area contributed by atoms with E-state index in [-0.39, 0.29) is 0 Å². The molecular weight excluding hydrogens is 444 g/mol. The number of nitrogens with two attached hydrogens (primary N) is 1. The highest BCUT2D eigenvalue weighted by Gasteiger charge is 2.42. The van der Waals surface area contributed by atoms with E-state index in [4.69, 9.17) is 15.8 Å². The van der Waals surface area contributed by atoms with Crippen LogP contribution in [0.5, 0.6) is 0 Å². The lowest BCUT2D eigenvalue weighted by Crippen LogP contribution is -2.45. The van der Waals surface area contributed by atoms with E-state index >= 15 is 0 Å². The van der Waals surface area contributed by atoms with E-state index in [1.165, 1.54) is 22.3 Å². The summed E-state index contributed by atoms with van der Waals surface area (Å²) < 4.78 is 2.13. The Morgan fingerprint density at radius 3 is 2.22 bits per heavy atom. The van der Waals surface area contributed by atoms with Crippen LogP contribution in [0.1, 0.15) is 29.3 Å². The number of benzene rings is 3. The molecule has 2 aliphatic rings. The van der Waals surface area contributed by atoms with Crippen LogP contribution in [0.2, 0.25) is 0 Å². The van der Waals surface area contributed by atoms with Crippen LogP contribution in [0.4, 0.5) is 5.82 Å². The number of rotatable bonds is 5. The summed E-state index contributed by atoms with van der Waals surface area (Å²) in [7, 11) is 2.00. The SMILES string of the molecule is C=C1c2c(nn(Cc3ccc(-c4ccccc4)cc3)c2Cc2ccccc2)N2C[C@@](C)(N)N=C2N1C. The number of guanidine groups is 1. The van der Waals surface area contributed by atoms with Gasteiger partial charge in [0.1, 0.15) is 5.66 Å². The van der Waals surface area contributed by atoms with Crippen molar-refractivity contribution in [3.63, 3.8) is 0 Å². The quantitative estimate of drug-likeness (QED) is 0.444. The van der Waals surface area contributed by atoms with E-state index in [0.29, 0.717) is 13.1 Å². The molecule has 36 heavy (non-hydrogen) atoms. The normalized spacial score (nSPS) is 18.8. The van der Waals surface area contributed by atoms with Gasteiger partial charge in [-0.2, -0.15) is 5.10 Å². The van der Waals surface area contributed by atoms with Crippen molar-refractivity contribution >= 4 is 17.5 Å². The van der Waals surface area contributed by atoms with E-state index in [2.05, 4.69) is 89.0 Å². The second-order valence-electron chi connectivity index (χ2n) is 9.89. The Kier molecular flexibility index (Phi) is 5.27. The Bertz CT molecular complexity index is 1450. The summed E-state index contributed by atoms with van der Waals surface area (Å²) in [5, 5.41) is 5.13. The highest BCUT2D eigenvalue weighted by atomic mass is 15.5. The smallest absolute Gasteiger partial charge is 0.208 e. The molecule has 0 spiro atoms. The minimum absolute atomic E-state index is 0.584. The molecule has 2 N–H and O–H groups in total. The van der Waals surface area contributed by atoms with Gasteiger partial charge in [0, 0.05) is 19.2 Å². The van der Waals surface area contributed by atoms with Gasteiger partial charge in [-0.25, -0.2) is 4.99 Å². The van der Waals surface area contributed by atoms with Crippen LogP contribution in [-0.4, -0.2) is 39.9 Å². The van der Waals surface area contributed by atoms with Gasteiger partial charge in [0.05, 0.1) is 24.3 Å². The number of fused-ring (bicyclic) bond motifs is 3. The van der Waals surface area contributed by atoms with Gasteiger partial charge >= 0.3 is 0 Å². The molecule has 0 saturated carbocycles. The predicted molar refractivity (Wildman–Crippen MR) is 147 cm³/mol. The molecule has 6 nitrogen and oxygen atoms in total. The van der Waals surface area contributed by atoms with Gasteiger partial charge in [-0.3, -0.25) is 9.58 Å². The maximum absolute atomic E-state index is 6.44. The minimum Gasteiger partial charge on any atom is -0.315 e. The number of anilines is 1. The molecule has 1 atom stereocenters. The third-order valence-corrected chi connectivity index (χ3v) is 6.97. The summed E-state index contributed by atoms with van der Waals surface area (Å²) in [6, 6.07) is 29.7. The number of aromatic nitrogens is 2.